The van der Waals surface area contributed by atoms with Crippen LogP contribution in [0.5, 0.6) is 0 Å². The van der Waals surface area contributed by atoms with Gasteiger partial charge in [0.2, 0.25) is 17.6 Å². The van der Waals surface area contributed by atoms with Crippen LogP contribution in [-0.2, 0) is 11.2 Å². The molecule has 2 heterocycles. The molecule has 0 atom stereocenters. The second-order valence-corrected chi connectivity index (χ2v) is 9.20. The van der Waals surface area contributed by atoms with Gasteiger partial charge in [-0.05, 0) is 42.8 Å². The van der Waals surface area contributed by atoms with Gasteiger partial charge < -0.3 is 9.84 Å². The minimum Gasteiger partial charge on any atom is -0.339 e. The maximum Gasteiger partial charge on any atom is 0.226 e. The van der Waals surface area contributed by atoms with Crippen LogP contribution in [0.2, 0.25) is 0 Å². The highest BCUT2D eigenvalue weighted by Gasteiger charge is 2.18. The molecule has 1 fully saturated rings. The first-order chi connectivity index (χ1) is 13.8. The summed E-state index contributed by atoms with van der Waals surface area (Å²) in [7, 11) is 0. The van der Waals surface area contributed by atoms with Crippen molar-refractivity contribution in [2.24, 2.45) is 0 Å². The van der Waals surface area contributed by atoms with Gasteiger partial charge in [-0.2, -0.15) is 4.98 Å². The third kappa shape index (κ3) is 5.02. The topological polar surface area (TPSA) is 68.0 Å². The zero-order valence-corrected chi connectivity index (χ0v) is 17.2. The highest BCUT2D eigenvalue weighted by atomic mass is 32.2. The third-order valence-corrected chi connectivity index (χ3v) is 7.04. The molecule has 0 saturated heterocycles. The molecule has 0 radical (unpaired) electrons. The fourth-order valence-corrected chi connectivity index (χ4v) is 5.31. The zero-order chi connectivity index (χ0) is 19.2. The van der Waals surface area contributed by atoms with Crippen LogP contribution in [0, 0.1) is 0 Å². The number of thiophene rings is 1. The minimum atomic E-state index is 0.0254. The summed E-state index contributed by atoms with van der Waals surface area (Å²) >= 11 is 3.48. The molecule has 0 aliphatic heterocycles. The van der Waals surface area contributed by atoms with Crippen molar-refractivity contribution in [3.63, 3.8) is 0 Å². The fourth-order valence-electron chi connectivity index (χ4n) is 3.33. The lowest BCUT2D eigenvalue weighted by Crippen LogP contribution is -2.12. The molecule has 3 aromatic rings. The van der Waals surface area contributed by atoms with Crippen LogP contribution < -0.4 is 5.32 Å². The fraction of sp³-hybridized carbons (Fsp3) is 0.381. The first-order valence-electron chi connectivity index (χ1n) is 9.70. The largest absolute Gasteiger partial charge is 0.339 e. The Hall–Kier alpha value is -2.12. The third-order valence-electron chi connectivity index (χ3n) is 4.76. The number of thioether (sulfide) groups is 1. The van der Waals surface area contributed by atoms with E-state index >= 15 is 0 Å². The Bertz CT molecular complexity index is 902. The molecule has 28 heavy (non-hydrogen) atoms. The summed E-state index contributed by atoms with van der Waals surface area (Å²) in [5.41, 5.74) is 0.919. The average molecular weight is 414 g/mol. The molecule has 1 aliphatic rings. The molecule has 7 heteroatoms. The zero-order valence-electron chi connectivity index (χ0n) is 15.6. The van der Waals surface area contributed by atoms with Gasteiger partial charge in [-0.1, -0.05) is 36.2 Å². The van der Waals surface area contributed by atoms with Crippen LogP contribution in [-0.4, -0.2) is 21.3 Å². The van der Waals surface area contributed by atoms with Crippen molar-refractivity contribution in [3.05, 3.63) is 47.7 Å². The summed E-state index contributed by atoms with van der Waals surface area (Å²) in [5, 5.41) is 9.74. The van der Waals surface area contributed by atoms with Gasteiger partial charge in [-0.25, -0.2) is 0 Å². The summed E-state index contributed by atoms with van der Waals surface area (Å²) in [5.74, 6) is 1.22. The molecule has 1 aliphatic carbocycles. The predicted molar refractivity (Wildman–Crippen MR) is 114 cm³/mol. The Kier molecular flexibility index (Phi) is 6.44. The van der Waals surface area contributed by atoms with Crippen LogP contribution in [0.25, 0.3) is 10.7 Å². The van der Waals surface area contributed by atoms with E-state index in [1.54, 1.807) is 11.3 Å². The van der Waals surface area contributed by atoms with Gasteiger partial charge >= 0.3 is 0 Å². The number of carbonyl (C=O) groups is 1. The Morgan fingerprint density at radius 3 is 2.89 bits per heavy atom. The SMILES string of the molecule is O=C(CCCc1nc(-c2cccs2)no1)Nc1ccccc1SC1CCCC1. The van der Waals surface area contributed by atoms with Crippen LogP contribution in [0.4, 0.5) is 5.69 Å². The Morgan fingerprint density at radius 1 is 1.21 bits per heavy atom. The van der Waals surface area contributed by atoms with E-state index in [1.807, 2.05) is 47.5 Å². The summed E-state index contributed by atoms with van der Waals surface area (Å²) in [4.78, 5) is 19.0. The molecule has 5 nitrogen and oxygen atoms in total. The van der Waals surface area contributed by atoms with Crippen LogP contribution >= 0.6 is 23.1 Å². The number of nitrogens with one attached hydrogen (secondary N) is 1. The van der Waals surface area contributed by atoms with Crippen molar-refractivity contribution >= 4 is 34.7 Å². The Morgan fingerprint density at radius 2 is 2.07 bits per heavy atom. The monoisotopic (exact) mass is 413 g/mol. The number of hydrogen-bond acceptors (Lipinski definition) is 6. The van der Waals surface area contributed by atoms with Gasteiger partial charge in [0.25, 0.3) is 0 Å². The molecule has 1 aromatic carbocycles. The number of amides is 1. The van der Waals surface area contributed by atoms with Gasteiger partial charge in [0, 0.05) is 23.0 Å². The molecule has 1 amide bonds. The van der Waals surface area contributed by atoms with Crippen molar-refractivity contribution in [1.29, 1.82) is 0 Å². The minimum absolute atomic E-state index is 0.0254. The number of aromatic nitrogens is 2. The maximum atomic E-state index is 12.4. The van der Waals surface area contributed by atoms with Crippen LogP contribution in [0.15, 0.2) is 51.2 Å². The van der Waals surface area contributed by atoms with Gasteiger partial charge in [0.05, 0.1) is 10.6 Å². The molecular formula is C21H23N3O2S2. The number of hydrogen-bond donors (Lipinski definition) is 1. The van der Waals surface area contributed by atoms with E-state index in [0.717, 1.165) is 10.6 Å². The molecule has 0 spiro atoms. The lowest BCUT2D eigenvalue weighted by atomic mass is 10.2. The van der Waals surface area contributed by atoms with E-state index in [2.05, 4.69) is 21.5 Å². The number of carbonyl (C=O) groups excluding carboxylic acids is 1. The summed E-state index contributed by atoms with van der Waals surface area (Å²) < 4.78 is 5.29. The average Bonchev–Trinajstić information content (AvgIpc) is 3.46. The molecule has 0 unspecified atom stereocenters. The highest BCUT2D eigenvalue weighted by molar-refractivity contribution is 8.00. The van der Waals surface area contributed by atoms with E-state index in [1.165, 1.54) is 30.6 Å². The van der Waals surface area contributed by atoms with Gasteiger partial charge in [0.15, 0.2) is 0 Å². The quantitative estimate of drug-likeness (QED) is 0.506. The van der Waals surface area contributed by atoms with Crippen molar-refractivity contribution in [1.82, 2.24) is 10.1 Å². The molecular weight excluding hydrogens is 390 g/mol. The smallest absolute Gasteiger partial charge is 0.226 e. The van der Waals surface area contributed by atoms with E-state index < -0.39 is 0 Å². The standard InChI is InChI=1S/C21H23N3O2S2/c25-19(12-5-13-20-23-21(24-26-20)18-11-6-14-27-18)22-16-9-3-4-10-17(16)28-15-7-1-2-8-15/h3-4,6,9-11,14-15H,1-2,5,7-8,12-13H2,(H,22,25). The number of anilines is 1. The maximum absolute atomic E-state index is 12.4. The normalized spacial score (nSPS) is 14.4. The second kappa shape index (κ2) is 9.39. The molecule has 2 aromatic heterocycles. The molecule has 1 saturated carbocycles. The summed E-state index contributed by atoms with van der Waals surface area (Å²) in [6.45, 7) is 0. The summed E-state index contributed by atoms with van der Waals surface area (Å²) in [6.07, 6.45) is 6.88. The van der Waals surface area contributed by atoms with Crippen molar-refractivity contribution in [2.45, 2.75) is 55.1 Å². The van der Waals surface area contributed by atoms with E-state index in [4.69, 9.17) is 4.52 Å². The highest BCUT2D eigenvalue weighted by Crippen LogP contribution is 2.38. The first-order valence-corrected chi connectivity index (χ1v) is 11.5. The van der Waals surface area contributed by atoms with Crippen LogP contribution in [0.1, 0.15) is 44.4 Å². The van der Waals surface area contributed by atoms with Gasteiger partial charge in [-0.15, -0.1) is 23.1 Å². The number of nitrogens with zero attached hydrogens (tertiary/aromatic N) is 2. The molecule has 4 rings (SSSR count). The Balaban J connectivity index is 1.27. The first kappa shape index (κ1) is 19.2. The van der Waals surface area contributed by atoms with Gasteiger partial charge in [-0.3, -0.25) is 4.79 Å². The Labute approximate surface area is 172 Å². The van der Waals surface area contributed by atoms with E-state index in [9.17, 15) is 4.79 Å². The second-order valence-electron chi connectivity index (χ2n) is 6.91. The van der Waals surface area contributed by atoms with Crippen molar-refractivity contribution < 1.29 is 9.32 Å². The van der Waals surface area contributed by atoms with Gasteiger partial charge in [0.1, 0.15) is 0 Å². The summed E-state index contributed by atoms with van der Waals surface area (Å²) in [6, 6.07) is 12.0. The van der Waals surface area contributed by atoms with E-state index in [-0.39, 0.29) is 5.91 Å². The van der Waals surface area contributed by atoms with Crippen molar-refractivity contribution in [3.8, 4) is 10.7 Å². The van der Waals surface area contributed by atoms with E-state index in [0.29, 0.717) is 36.2 Å². The predicted octanol–water partition coefficient (Wildman–Crippen LogP) is 5.79. The number of para-hydroxylation sites is 1. The number of benzene rings is 1. The van der Waals surface area contributed by atoms with Crippen molar-refractivity contribution in [2.75, 3.05) is 5.32 Å². The van der Waals surface area contributed by atoms with Crippen LogP contribution in [0.3, 0.4) is 0 Å². The number of aryl methyl sites for hydroxylation is 1. The lowest BCUT2D eigenvalue weighted by Gasteiger charge is -2.14. The molecule has 0 bridgehead atoms. The molecule has 146 valence electrons. The number of rotatable bonds is 8. The lowest BCUT2D eigenvalue weighted by molar-refractivity contribution is -0.116. The molecule has 1 N–H and O–H groups in total.